The quantitative estimate of drug-likeness (QED) is 0.0516. The molecule has 1 atom stereocenters. The molecular formula is C35H36F3IN6O8. The van der Waals surface area contributed by atoms with Gasteiger partial charge in [-0.3, -0.25) is 39.0 Å². The van der Waals surface area contributed by atoms with E-state index in [0.29, 0.717) is 61.7 Å². The Morgan fingerprint density at radius 2 is 1.64 bits per heavy atom. The van der Waals surface area contributed by atoms with Crippen molar-refractivity contribution >= 4 is 69.2 Å². The Morgan fingerprint density at radius 3 is 2.40 bits per heavy atom. The minimum Gasteiger partial charge on any atom is -0.382 e. The van der Waals surface area contributed by atoms with Gasteiger partial charge in [-0.15, -0.1) is 0 Å². The first-order chi connectivity index (χ1) is 25.6. The summed E-state index contributed by atoms with van der Waals surface area (Å²) in [4.78, 5) is 68.7. The van der Waals surface area contributed by atoms with Gasteiger partial charge < -0.3 is 25.4 Å². The zero-order valence-corrected chi connectivity index (χ0v) is 30.4. The fraction of sp³-hybridized carbons (Fsp3) is 0.343. The molecule has 2 aliphatic rings. The Bertz CT molecular complexity index is 1870. The molecule has 1 fully saturated rings. The molecule has 0 aromatic heterocycles. The van der Waals surface area contributed by atoms with E-state index >= 15 is 0 Å². The smallest absolute Gasteiger partial charge is 0.277 e. The highest BCUT2D eigenvalue weighted by atomic mass is 127. The summed E-state index contributed by atoms with van der Waals surface area (Å²) in [6.45, 7) is 2.88. The summed E-state index contributed by atoms with van der Waals surface area (Å²) in [6.07, 6.45) is 0.625. The van der Waals surface area contributed by atoms with E-state index in [1.165, 1.54) is 18.2 Å². The van der Waals surface area contributed by atoms with Crippen molar-refractivity contribution in [1.82, 2.24) is 21.0 Å². The Labute approximate surface area is 315 Å². The normalized spacial score (nSPS) is 15.4. The summed E-state index contributed by atoms with van der Waals surface area (Å²) in [5.74, 6) is -6.36. The molecule has 5 amide bonds. The Hall–Kier alpha value is -4.63. The number of hydrogen-bond acceptors (Lipinski definition) is 11. The molecular weight excluding hydrogens is 816 g/mol. The minimum atomic E-state index is -1.34. The maximum atomic E-state index is 14.6. The second kappa shape index (κ2) is 18.9. The molecule has 1 unspecified atom stereocenters. The molecule has 1 saturated heterocycles. The van der Waals surface area contributed by atoms with Gasteiger partial charge in [-0.25, -0.2) is 18.7 Å². The van der Waals surface area contributed by atoms with Crippen LogP contribution in [0.25, 0.3) is 0 Å². The third-order valence-electron chi connectivity index (χ3n) is 8.12. The number of fused-ring (bicyclic) bond motifs is 1. The number of imide groups is 2. The first-order valence-corrected chi connectivity index (χ1v) is 17.7. The lowest BCUT2D eigenvalue weighted by Gasteiger charge is -2.27. The Morgan fingerprint density at radius 1 is 0.868 bits per heavy atom. The number of nitrogens with one attached hydrogen (secondary N) is 5. The first-order valence-electron chi connectivity index (χ1n) is 16.6. The number of carbonyl (C=O) groups excluding carboxylic acids is 5. The van der Waals surface area contributed by atoms with Gasteiger partial charge in [0.2, 0.25) is 11.8 Å². The predicted octanol–water partition coefficient (Wildman–Crippen LogP) is 3.64. The van der Waals surface area contributed by atoms with Gasteiger partial charge in [0.15, 0.2) is 11.6 Å². The van der Waals surface area contributed by atoms with Crippen molar-refractivity contribution in [2.24, 2.45) is 0 Å². The Balaban J connectivity index is 0.909. The SMILES string of the molecule is O=C1CCC(N2C(=O)c3cccc(NCCOCCOCCNCCCONC(=O)c4ccc(F)c(F)c4Nc4ccc(I)cc4F)c3C2=O)C(=O)N1. The summed E-state index contributed by atoms with van der Waals surface area (Å²) in [6, 6.07) is 9.77. The first kappa shape index (κ1) is 39.6. The van der Waals surface area contributed by atoms with Crippen LogP contribution < -0.4 is 26.7 Å². The van der Waals surface area contributed by atoms with Gasteiger partial charge in [0.25, 0.3) is 17.7 Å². The van der Waals surface area contributed by atoms with E-state index in [-0.39, 0.29) is 41.8 Å². The highest BCUT2D eigenvalue weighted by Crippen LogP contribution is 2.32. The van der Waals surface area contributed by atoms with Gasteiger partial charge >= 0.3 is 0 Å². The number of ether oxygens (including phenoxy) is 2. The van der Waals surface area contributed by atoms with Crippen molar-refractivity contribution in [3.05, 3.63) is 86.2 Å². The molecule has 282 valence electrons. The summed E-state index contributed by atoms with van der Waals surface area (Å²) >= 11 is 1.91. The van der Waals surface area contributed by atoms with Crippen molar-refractivity contribution in [1.29, 1.82) is 0 Å². The molecule has 14 nitrogen and oxygen atoms in total. The monoisotopic (exact) mass is 852 g/mol. The summed E-state index contributed by atoms with van der Waals surface area (Å²) in [7, 11) is 0. The van der Waals surface area contributed by atoms with E-state index < -0.39 is 58.7 Å². The molecule has 0 spiro atoms. The summed E-state index contributed by atoms with van der Waals surface area (Å²) in [5, 5.41) is 10.9. The van der Waals surface area contributed by atoms with Crippen LogP contribution in [0, 0.1) is 21.0 Å². The van der Waals surface area contributed by atoms with Crippen LogP contribution in [0.15, 0.2) is 48.5 Å². The maximum Gasteiger partial charge on any atom is 0.277 e. The molecule has 53 heavy (non-hydrogen) atoms. The van der Waals surface area contributed by atoms with Crippen LogP contribution in [0.1, 0.15) is 50.3 Å². The van der Waals surface area contributed by atoms with E-state index in [9.17, 15) is 37.1 Å². The van der Waals surface area contributed by atoms with Gasteiger partial charge in [0.05, 0.1) is 61.1 Å². The number of hydrogen-bond donors (Lipinski definition) is 5. The average Bonchev–Trinajstić information content (AvgIpc) is 3.38. The topological polar surface area (TPSA) is 176 Å². The van der Waals surface area contributed by atoms with Crippen LogP contribution in [0.3, 0.4) is 0 Å². The van der Waals surface area contributed by atoms with Crippen molar-refractivity contribution in [2.45, 2.75) is 25.3 Å². The highest BCUT2D eigenvalue weighted by molar-refractivity contribution is 14.1. The highest BCUT2D eigenvalue weighted by Gasteiger charge is 2.45. The Kier molecular flexibility index (Phi) is 14.1. The number of anilines is 3. The van der Waals surface area contributed by atoms with Crippen LogP contribution in [-0.4, -0.2) is 93.1 Å². The van der Waals surface area contributed by atoms with Crippen LogP contribution >= 0.6 is 22.6 Å². The second-order valence-corrected chi connectivity index (χ2v) is 13.0. The number of amides is 5. The lowest BCUT2D eigenvalue weighted by molar-refractivity contribution is -0.136. The number of rotatable bonds is 19. The fourth-order valence-electron chi connectivity index (χ4n) is 5.54. The molecule has 3 aromatic carbocycles. The number of carbonyl (C=O) groups is 5. The average molecular weight is 853 g/mol. The summed E-state index contributed by atoms with van der Waals surface area (Å²) < 4.78 is 54.5. The van der Waals surface area contributed by atoms with Gasteiger partial charge in [0, 0.05) is 28.8 Å². The third-order valence-corrected chi connectivity index (χ3v) is 8.79. The standard InChI is InChI=1S/C35H36F3IN6O8/c36-23-7-6-22(31(30(23)38)42-25-8-5-20(39)19-24(25)37)32(47)44-53-14-2-11-40-12-15-51-17-18-52-16-13-41-26-4-1-3-21-29(26)35(50)45(34(21)49)27-9-10-28(46)43-33(27)48/h1,3-8,19,27,40-42H,2,9-18H2,(H,44,47)(H,43,46,48). The molecule has 2 heterocycles. The van der Waals surface area contributed by atoms with E-state index in [0.717, 1.165) is 17.0 Å². The predicted molar refractivity (Wildman–Crippen MR) is 193 cm³/mol. The third kappa shape index (κ3) is 10.1. The fourth-order valence-corrected chi connectivity index (χ4v) is 5.99. The van der Waals surface area contributed by atoms with Gasteiger partial charge in [0.1, 0.15) is 11.9 Å². The van der Waals surface area contributed by atoms with Gasteiger partial charge in [-0.1, -0.05) is 6.07 Å². The number of hydroxylamine groups is 1. The molecule has 5 N–H and O–H groups in total. The van der Waals surface area contributed by atoms with E-state index in [2.05, 4.69) is 26.7 Å². The lowest BCUT2D eigenvalue weighted by Crippen LogP contribution is -2.54. The molecule has 0 saturated carbocycles. The maximum absolute atomic E-state index is 14.6. The van der Waals surface area contributed by atoms with E-state index in [1.807, 2.05) is 22.6 Å². The van der Waals surface area contributed by atoms with Gasteiger partial charge in [-0.05, 0) is 84.4 Å². The molecule has 5 rings (SSSR count). The van der Waals surface area contributed by atoms with E-state index in [1.54, 1.807) is 18.2 Å². The molecule has 0 bridgehead atoms. The second-order valence-electron chi connectivity index (χ2n) is 11.7. The zero-order valence-electron chi connectivity index (χ0n) is 28.2. The van der Waals surface area contributed by atoms with Crippen molar-refractivity contribution < 1.29 is 51.5 Å². The van der Waals surface area contributed by atoms with Crippen LogP contribution in [0.5, 0.6) is 0 Å². The molecule has 18 heteroatoms. The number of nitrogens with zero attached hydrogens (tertiary/aromatic N) is 1. The van der Waals surface area contributed by atoms with Crippen LogP contribution in [-0.2, 0) is 23.9 Å². The number of benzene rings is 3. The summed E-state index contributed by atoms with van der Waals surface area (Å²) in [5.41, 5.74) is 2.07. The minimum absolute atomic E-state index is 0.0412. The lowest BCUT2D eigenvalue weighted by atomic mass is 10.0. The molecule has 0 aliphatic carbocycles. The van der Waals surface area contributed by atoms with Crippen molar-refractivity contribution in [3.63, 3.8) is 0 Å². The van der Waals surface area contributed by atoms with E-state index in [4.69, 9.17) is 14.3 Å². The number of halogens is 4. The largest absolute Gasteiger partial charge is 0.382 e. The molecule has 2 aliphatic heterocycles. The van der Waals surface area contributed by atoms with Gasteiger partial charge in [-0.2, -0.15) is 0 Å². The van der Waals surface area contributed by atoms with Crippen LogP contribution in [0.4, 0.5) is 30.2 Å². The molecule has 0 radical (unpaired) electrons. The molecule has 3 aromatic rings. The van der Waals surface area contributed by atoms with Crippen molar-refractivity contribution in [2.75, 3.05) is 63.3 Å². The van der Waals surface area contributed by atoms with Crippen molar-refractivity contribution in [3.8, 4) is 0 Å². The number of piperidine rings is 1. The van der Waals surface area contributed by atoms with Crippen LogP contribution in [0.2, 0.25) is 0 Å². The zero-order chi connectivity index (χ0) is 37.9.